The lowest BCUT2D eigenvalue weighted by atomic mass is 10.3. The Labute approximate surface area is 216 Å². The van der Waals surface area contributed by atoms with Crippen LogP contribution in [0, 0.1) is 18.8 Å². The molecule has 2 aromatic heterocycles. The minimum Gasteiger partial charge on any atom is -0.285 e. The van der Waals surface area contributed by atoms with Crippen LogP contribution < -0.4 is 11.1 Å². The lowest BCUT2D eigenvalue weighted by Crippen LogP contribution is -2.19. The zero-order valence-electron chi connectivity index (χ0n) is 20.5. The molecule has 0 bridgehead atoms. The van der Waals surface area contributed by atoms with Gasteiger partial charge in [-0.25, -0.2) is 9.36 Å². The maximum Gasteiger partial charge on any atom is 0.301 e. The van der Waals surface area contributed by atoms with Crippen molar-refractivity contribution in [1.82, 2.24) is 18.7 Å². The standard InChI is InChI=1S/C11H11N3O5S.C11H12N2O4S/c1-7-10(12-16)11(15)14(13(7)2)8-3-5-9(6-4-8)20(17,18)19;1-8-7-11(14)13(12(8)2)9-3-5-10(6-4-9)18(15,16)17/h3-6H,1-2H3,(H,17,18,19);3-7H,1-2H3,(H,15,16,17). The van der Waals surface area contributed by atoms with Crippen molar-refractivity contribution in [2.45, 2.75) is 23.6 Å². The third-order valence-electron chi connectivity index (χ3n) is 5.72. The predicted molar refractivity (Wildman–Crippen MR) is 137 cm³/mol. The highest BCUT2D eigenvalue weighted by Crippen LogP contribution is 2.18. The van der Waals surface area contributed by atoms with Gasteiger partial charge in [-0.05, 0) is 67.6 Å². The van der Waals surface area contributed by atoms with Gasteiger partial charge in [0.2, 0.25) is 0 Å². The molecular formula is C22H23N5O9S2. The molecule has 2 aromatic carbocycles. The summed E-state index contributed by atoms with van der Waals surface area (Å²) in [7, 11) is -5.20. The van der Waals surface area contributed by atoms with Crippen LogP contribution >= 0.6 is 0 Å². The van der Waals surface area contributed by atoms with Gasteiger partial charge < -0.3 is 0 Å². The van der Waals surface area contributed by atoms with Gasteiger partial charge in [0.1, 0.15) is 0 Å². The molecule has 0 atom stereocenters. The average Bonchev–Trinajstić information content (AvgIpc) is 3.22. The van der Waals surface area contributed by atoms with Gasteiger partial charge in [-0.3, -0.25) is 28.1 Å². The Hall–Kier alpha value is -4.12. The topological polar surface area (TPSA) is 192 Å². The Morgan fingerprint density at radius 2 is 1.13 bits per heavy atom. The van der Waals surface area contributed by atoms with Gasteiger partial charge in [0.05, 0.1) is 26.9 Å². The fourth-order valence-electron chi connectivity index (χ4n) is 3.55. The zero-order chi connectivity index (χ0) is 28.6. The Morgan fingerprint density at radius 1 is 0.711 bits per heavy atom. The van der Waals surface area contributed by atoms with Gasteiger partial charge in [0, 0.05) is 25.9 Å². The van der Waals surface area contributed by atoms with Crippen molar-refractivity contribution in [1.29, 1.82) is 0 Å². The second kappa shape index (κ2) is 10.3. The minimum atomic E-state index is -4.29. The summed E-state index contributed by atoms with van der Waals surface area (Å²) >= 11 is 0. The van der Waals surface area contributed by atoms with Crippen LogP contribution in [0.3, 0.4) is 0 Å². The highest BCUT2D eigenvalue weighted by Gasteiger charge is 2.17. The molecule has 0 amide bonds. The second-order valence-corrected chi connectivity index (χ2v) is 10.9. The molecule has 38 heavy (non-hydrogen) atoms. The van der Waals surface area contributed by atoms with Crippen molar-refractivity contribution in [3.8, 4) is 11.4 Å². The fraction of sp³-hybridized carbons (Fsp3) is 0.182. The van der Waals surface area contributed by atoms with E-state index in [4.69, 9.17) is 9.11 Å². The summed E-state index contributed by atoms with van der Waals surface area (Å²) in [4.78, 5) is 33.9. The summed E-state index contributed by atoms with van der Waals surface area (Å²) in [5.41, 5.74) is 1.06. The number of hydrogen-bond donors (Lipinski definition) is 2. The third-order valence-corrected chi connectivity index (χ3v) is 7.46. The summed E-state index contributed by atoms with van der Waals surface area (Å²) in [6.45, 7) is 3.37. The van der Waals surface area contributed by atoms with Crippen LogP contribution in [-0.4, -0.2) is 44.7 Å². The molecule has 0 saturated carbocycles. The highest BCUT2D eigenvalue weighted by molar-refractivity contribution is 7.86. The number of nitroso groups, excluding NO2 is 1. The van der Waals surface area contributed by atoms with Crippen molar-refractivity contribution in [3.05, 3.63) is 91.6 Å². The van der Waals surface area contributed by atoms with E-state index in [1.807, 2.05) is 0 Å². The van der Waals surface area contributed by atoms with Crippen LogP contribution in [0.15, 0.2) is 79.2 Å². The molecule has 0 radical (unpaired) electrons. The Kier molecular flexibility index (Phi) is 7.73. The van der Waals surface area contributed by atoms with E-state index in [-0.39, 0.29) is 21.0 Å². The zero-order valence-corrected chi connectivity index (χ0v) is 22.1. The summed E-state index contributed by atoms with van der Waals surface area (Å²) in [5.74, 6) is 0. The average molecular weight is 566 g/mol. The molecule has 4 aromatic rings. The molecule has 0 fully saturated rings. The lowest BCUT2D eigenvalue weighted by molar-refractivity contribution is 0.481. The van der Waals surface area contributed by atoms with E-state index >= 15 is 0 Å². The van der Waals surface area contributed by atoms with E-state index in [9.17, 15) is 31.3 Å². The van der Waals surface area contributed by atoms with Crippen molar-refractivity contribution in [2.75, 3.05) is 0 Å². The normalized spacial score (nSPS) is 11.6. The van der Waals surface area contributed by atoms with E-state index < -0.39 is 25.8 Å². The number of nitrogens with zero attached hydrogens (tertiary/aromatic N) is 5. The smallest absolute Gasteiger partial charge is 0.285 e. The first-order valence-electron chi connectivity index (χ1n) is 10.6. The number of aromatic nitrogens is 4. The molecule has 0 aliphatic carbocycles. The summed E-state index contributed by atoms with van der Waals surface area (Å²) < 4.78 is 67.1. The van der Waals surface area contributed by atoms with Crippen LogP contribution in [0.25, 0.3) is 11.4 Å². The number of aryl methyl sites for hydroxylation is 1. The van der Waals surface area contributed by atoms with Gasteiger partial charge in [-0.15, -0.1) is 4.91 Å². The van der Waals surface area contributed by atoms with E-state index in [2.05, 4.69) is 5.18 Å². The van der Waals surface area contributed by atoms with Gasteiger partial charge in [-0.1, -0.05) is 0 Å². The SMILES string of the molecule is Cc1c(N=O)c(=O)n(-c2ccc(S(=O)(=O)O)cc2)n1C.Cc1cc(=O)n(-c2ccc(S(=O)(=O)O)cc2)n1C. The monoisotopic (exact) mass is 565 g/mol. The molecule has 0 unspecified atom stereocenters. The molecule has 0 spiro atoms. The first-order valence-corrected chi connectivity index (χ1v) is 13.5. The van der Waals surface area contributed by atoms with Crippen molar-refractivity contribution >= 4 is 25.9 Å². The van der Waals surface area contributed by atoms with Crippen LogP contribution in [-0.2, 0) is 34.3 Å². The number of benzene rings is 2. The molecule has 2 heterocycles. The van der Waals surface area contributed by atoms with Crippen LogP contribution in [0.5, 0.6) is 0 Å². The van der Waals surface area contributed by atoms with E-state index in [0.29, 0.717) is 17.1 Å². The largest absolute Gasteiger partial charge is 0.301 e. The number of rotatable bonds is 5. The molecule has 2 N–H and O–H groups in total. The van der Waals surface area contributed by atoms with Crippen molar-refractivity contribution in [3.63, 3.8) is 0 Å². The molecule has 0 aliphatic heterocycles. The lowest BCUT2D eigenvalue weighted by Gasteiger charge is -2.08. The first kappa shape index (κ1) is 28.5. The first-order chi connectivity index (χ1) is 17.6. The van der Waals surface area contributed by atoms with E-state index in [1.54, 1.807) is 32.6 Å². The molecule has 16 heteroatoms. The van der Waals surface area contributed by atoms with Gasteiger partial charge in [0.15, 0.2) is 5.69 Å². The Bertz CT molecular complexity index is 1840. The van der Waals surface area contributed by atoms with Gasteiger partial charge in [0.25, 0.3) is 25.8 Å². The minimum absolute atomic E-state index is 0.199. The predicted octanol–water partition coefficient (Wildman–Crippen LogP) is 1.86. The molecule has 0 aliphatic rings. The highest BCUT2D eigenvalue weighted by atomic mass is 32.2. The molecular weight excluding hydrogens is 542 g/mol. The Morgan fingerprint density at radius 3 is 1.45 bits per heavy atom. The van der Waals surface area contributed by atoms with Crippen molar-refractivity contribution < 1.29 is 25.9 Å². The maximum absolute atomic E-state index is 12.0. The molecule has 14 nitrogen and oxygen atoms in total. The van der Waals surface area contributed by atoms with E-state index in [1.165, 1.54) is 56.5 Å². The summed E-state index contributed by atoms with van der Waals surface area (Å²) in [5, 5.41) is 2.69. The van der Waals surface area contributed by atoms with E-state index in [0.717, 1.165) is 17.8 Å². The molecule has 202 valence electrons. The van der Waals surface area contributed by atoms with Crippen LogP contribution in [0.4, 0.5) is 5.69 Å². The second-order valence-electron chi connectivity index (χ2n) is 8.06. The van der Waals surface area contributed by atoms with Crippen LogP contribution in [0.2, 0.25) is 0 Å². The summed E-state index contributed by atoms with van der Waals surface area (Å²) in [6, 6.07) is 11.9. The third kappa shape index (κ3) is 5.57. The summed E-state index contributed by atoms with van der Waals surface area (Å²) in [6.07, 6.45) is 0. The molecule has 0 saturated heterocycles. The number of hydrogen-bond acceptors (Lipinski definition) is 8. The molecule has 4 rings (SSSR count). The van der Waals surface area contributed by atoms with Gasteiger partial charge in [-0.2, -0.15) is 16.8 Å². The Balaban J connectivity index is 0.000000212. The fourth-order valence-corrected chi connectivity index (χ4v) is 4.51. The quantitative estimate of drug-likeness (QED) is 0.268. The maximum atomic E-state index is 12.0. The van der Waals surface area contributed by atoms with Crippen molar-refractivity contribution in [2.24, 2.45) is 19.3 Å². The van der Waals surface area contributed by atoms with Gasteiger partial charge >= 0.3 is 5.56 Å². The van der Waals surface area contributed by atoms with Crippen LogP contribution in [0.1, 0.15) is 11.4 Å².